The Labute approximate surface area is 90.3 Å². The second-order valence-electron chi connectivity index (χ2n) is 4.66. The molecule has 0 amide bonds. The van der Waals surface area contributed by atoms with E-state index in [-0.39, 0.29) is 18.3 Å². The molecule has 0 saturated carbocycles. The first kappa shape index (κ1) is 13.9. The van der Waals surface area contributed by atoms with E-state index in [9.17, 15) is 9.59 Å². The van der Waals surface area contributed by atoms with Gasteiger partial charge in [-0.3, -0.25) is 9.59 Å². The molecule has 0 aromatic heterocycles. The van der Waals surface area contributed by atoms with E-state index < -0.39 is 11.9 Å². The number of rotatable bonds is 8. The number of hydrogen-bond acceptors (Lipinski definition) is 2. The molecule has 4 heteroatoms. The maximum absolute atomic E-state index is 10.3. The van der Waals surface area contributed by atoms with Crippen LogP contribution in [-0.4, -0.2) is 22.2 Å². The van der Waals surface area contributed by atoms with Gasteiger partial charge in [0, 0.05) is 12.8 Å². The van der Waals surface area contributed by atoms with Crippen molar-refractivity contribution in [3.05, 3.63) is 0 Å². The van der Waals surface area contributed by atoms with Gasteiger partial charge in [0.15, 0.2) is 0 Å². The van der Waals surface area contributed by atoms with E-state index in [1.165, 1.54) is 0 Å². The second-order valence-corrected chi connectivity index (χ2v) is 4.66. The Balaban J connectivity index is 3.66. The molecule has 0 aromatic rings. The molecule has 0 rings (SSSR count). The molecule has 0 spiro atoms. The molecule has 0 heterocycles. The zero-order chi connectivity index (χ0) is 11.9. The van der Waals surface area contributed by atoms with Crippen molar-refractivity contribution >= 4 is 11.9 Å². The van der Waals surface area contributed by atoms with Crippen LogP contribution in [0.15, 0.2) is 0 Å². The molecule has 0 aromatic carbocycles. The lowest BCUT2D eigenvalue weighted by Gasteiger charge is -2.23. The Bertz CT molecular complexity index is 199. The first-order valence-electron chi connectivity index (χ1n) is 5.27. The summed E-state index contributed by atoms with van der Waals surface area (Å²) in [4.78, 5) is 20.6. The predicted molar refractivity (Wildman–Crippen MR) is 56.8 cm³/mol. The van der Waals surface area contributed by atoms with E-state index in [0.29, 0.717) is 12.8 Å². The second kappa shape index (κ2) is 6.43. The molecule has 0 fully saturated rings. The topological polar surface area (TPSA) is 74.6 Å². The van der Waals surface area contributed by atoms with Crippen molar-refractivity contribution in [2.45, 2.75) is 52.4 Å². The van der Waals surface area contributed by atoms with E-state index in [4.69, 9.17) is 10.2 Å². The lowest BCUT2D eigenvalue weighted by molar-refractivity contribution is -0.138. The van der Waals surface area contributed by atoms with Gasteiger partial charge in [0.25, 0.3) is 0 Å². The van der Waals surface area contributed by atoms with Crippen molar-refractivity contribution < 1.29 is 19.8 Å². The van der Waals surface area contributed by atoms with Gasteiger partial charge < -0.3 is 10.2 Å². The summed E-state index contributed by atoms with van der Waals surface area (Å²) in [7, 11) is 0. The lowest BCUT2D eigenvalue weighted by atomic mass is 9.82. The van der Waals surface area contributed by atoms with Gasteiger partial charge in [0.2, 0.25) is 0 Å². The largest absolute Gasteiger partial charge is 0.481 e. The fraction of sp³-hybridized carbons (Fsp3) is 0.818. The molecular weight excluding hydrogens is 196 g/mol. The molecule has 0 saturated heterocycles. The standard InChI is InChI=1S/C11H20O4/c1-11(2,7-3-5-9(12)13)8-4-6-10(14)15/h3-8H2,1-2H3,(H,12,13)(H,14,15). The molecule has 88 valence electrons. The molecule has 15 heavy (non-hydrogen) atoms. The molecule has 0 unspecified atom stereocenters. The van der Waals surface area contributed by atoms with E-state index >= 15 is 0 Å². The minimum Gasteiger partial charge on any atom is -0.481 e. The fourth-order valence-corrected chi connectivity index (χ4v) is 1.56. The third-order valence-corrected chi connectivity index (χ3v) is 2.49. The van der Waals surface area contributed by atoms with E-state index in [1.54, 1.807) is 0 Å². The third kappa shape index (κ3) is 9.25. The van der Waals surface area contributed by atoms with Crippen LogP contribution in [0.3, 0.4) is 0 Å². The van der Waals surface area contributed by atoms with Crippen molar-refractivity contribution in [1.82, 2.24) is 0 Å². The third-order valence-electron chi connectivity index (χ3n) is 2.49. The molecule has 0 aliphatic heterocycles. The van der Waals surface area contributed by atoms with Crippen LogP contribution in [0.2, 0.25) is 0 Å². The molecular formula is C11H20O4. The number of carboxylic acid groups (broad SMARTS) is 2. The van der Waals surface area contributed by atoms with Gasteiger partial charge in [0.05, 0.1) is 0 Å². The summed E-state index contributed by atoms with van der Waals surface area (Å²) < 4.78 is 0. The maximum atomic E-state index is 10.3. The summed E-state index contributed by atoms with van der Waals surface area (Å²) in [6, 6.07) is 0. The van der Waals surface area contributed by atoms with Gasteiger partial charge >= 0.3 is 11.9 Å². The van der Waals surface area contributed by atoms with Crippen LogP contribution in [0, 0.1) is 5.41 Å². The number of carbonyl (C=O) groups is 2. The molecule has 2 N–H and O–H groups in total. The van der Waals surface area contributed by atoms with Gasteiger partial charge in [0.1, 0.15) is 0 Å². The minimum absolute atomic E-state index is 0.0465. The smallest absolute Gasteiger partial charge is 0.303 e. The Morgan fingerprint density at radius 1 is 0.933 bits per heavy atom. The van der Waals surface area contributed by atoms with E-state index in [2.05, 4.69) is 13.8 Å². The highest BCUT2D eigenvalue weighted by molar-refractivity contribution is 5.66. The predicted octanol–water partition coefficient (Wildman–Crippen LogP) is 2.52. The Morgan fingerprint density at radius 2 is 1.27 bits per heavy atom. The van der Waals surface area contributed by atoms with Gasteiger partial charge in [-0.25, -0.2) is 0 Å². The normalized spacial score (nSPS) is 11.3. The van der Waals surface area contributed by atoms with Gasteiger partial charge in [-0.15, -0.1) is 0 Å². The number of hydrogen-bond donors (Lipinski definition) is 2. The number of carboxylic acids is 2. The van der Waals surface area contributed by atoms with Gasteiger partial charge in [-0.1, -0.05) is 13.8 Å². The first-order valence-corrected chi connectivity index (χ1v) is 5.27. The lowest BCUT2D eigenvalue weighted by Crippen LogP contribution is -2.12. The summed E-state index contributed by atoms with van der Waals surface area (Å²) in [5.74, 6) is -1.53. The van der Waals surface area contributed by atoms with Crippen LogP contribution in [0.4, 0.5) is 0 Å². The van der Waals surface area contributed by atoms with Crippen molar-refractivity contribution in [2.24, 2.45) is 5.41 Å². The van der Waals surface area contributed by atoms with Crippen LogP contribution in [0.1, 0.15) is 52.4 Å². The highest BCUT2D eigenvalue weighted by Gasteiger charge is 2.17. The van der Waals surface area contributed by atoms with Crippen LogP contribution < -0.4 is 0 Å². The summed E-state index contributed by atoms with van der Waals surface area (Å²) in [5, 5.41) is 17.0. The van der Waals surface area contributed by atoms with Crippen molar-refractivity contribution in [1.29, 1.82) is 0 Å². The summed E-state index contributed by atoms with van der Waals surface area (Å²) >= 11 is 0. The summed E-state index contributed by atoms with van der Waals surface area (Å²) in [6.45, 7) is 4.10. The molecule has 0 aliphatic carbocycles. The van der Waals surface area contributed by atoms with Crippen molar-refractivity contribution in [3.8, 4) is 0 Å². The monoisotopic (exact) mass is 216 g/mol. The molecule has 0 atom stereocenters. The zero-order valence-corrected chi connectivity index (χ0v) is 9.45. The average Bonchev–Trinajstić information content (AvgIpc) is 2.01. The molecule has 0 aliphatic rings. The average molecular weight is 216 g/mol. The quantitative estimate of drug-likeness (QED) is 0.653. The van der Waals surface area contributed by atoms with Crippen LogP contribution in [0.25, 0.3) is 0 Å². The Morgan fingerprint density at radius 3 is 1.53 bits per heavy atom. The summed E-state index contributed by atoms with van der Waals surface area (Å²) in [6.07, 6.45) is 3.38. The zero-order valence-electron chi connectivity index (χ0n) is 9.45. The van der Waals surface area contributed by atoms with Gasteiger partial charge in [-0.05, 0) is 31.1 Å². The van der Waals surface area contributed by atoms with Crippen LogP contribution in [0.5, 0.6) is 0 Å². The maximum Gasteiger partial charge on any atom is 0.303 e. The SMILES string of the molecule is CC(C)(CCCC(=O)O)CCCC(=O)O. The highest BCUT2D eigenvalue weighted by Crippen LogP contribution is 2.29. The van der Waals surface area contributed by atoms with Crippen LogP contribution >= 0.6 is 0 Å². The number of aliphatic carboxylic acids is 2. The summed E-state index contributed by atoms with van der Waals surface area (Å²) in [5.41, 5.74) is 0.0465. The van der Waals surface area contributed by atoms with Crippen molar-refractivity contribution in [3.63, 3.8) is 0 Å². The minimum atomic E-state index is -0.767. The fourth-order valence-electron chi connectivity index (χ4n) is 1.56. The Kier molecular flexibility index (Phi) is 5.97. The van der Waals surface area contributed by atoms with Gasteiger partial charge in [-0.2, -0.15) is 0 Å². The van der Waals surface area contributed by atoms with Crippen molar-refractivity contribution in [2.75, 3.05) is 0 Å². The highest BCUT2D eigenvalue weighted by atomic mass is 16.4. The van der Waals surface area contributed by atoms with E-state index in [0.717, 1.165) is 12.8 Å². The molecule has 4 nitrogen and oxygen atoms in total. The van der Waals surface area contributed by atoms with Crippen LogP contribution in [-0.2, 0) is 9.59 Å². The molecule has 0 radical (unpaired) electrons. The van der Waals surface area contributed by atoms with E-state index in [1.807, 2.05) is 0 Å². The first-order chi connectivity index (χ1) is 6.83. The molecule has 0 bridgehead atoms. The Hall–Kier alpha value is -1.06.